The Labute approximate surface area is 96.5 Å². The fourth-order valence-electron chi connectivity index (χ4n) is 1.52. The van der Waals surface area contributed by atoms with Crippen LogP contribution in [0.25, 0.3) is 0 Å². The van der Waals surface area contributed by atoms with Crippen LogP contribution in [0.3, 0.4) is 0 Å². The monoisotopic (exact) mass is 227 g/mol. The molecule has 0 atom stereocenters. The van der Waals surface area contributed by atoms with Gasteiger partial charge < -0.3 is 10.2 Å². The summed E-state index contributed by atoms with van der Waals surface area (Å²) >= 11 is 1.73. The van der Waals surface area contributed by atoms with E-state index in [4.69, 9.17) is 0 Å². The van der Waals surface area contributed by atoms with E-state index in [1.807, 2.05) is 7.05 Å². The standard InChI is InChI=1S/C11H21N3S/c1-10-13-11(9-15-10)8-14(3)7-5-4-6-12-2/h9,12H,4-8H2,1-3H3. The molecule has 3 nitrogen and oxygen atoms in total. The van der Waals surface area contributed by atoms with Crippen LogP contribution in [0.15, 0.2) is 5.38 Å². The van der Waals surface area contributed by atoms with E-state index in [2.05, 4.69) is 34.6 Å². The highest BCUT2D eigenvalue weighted by Crippen LogP contribution is 2.09. The van der Waals surface area contributed by atoms with Crippen LogP contribution in [-0.2, 0) is 6.54 Å². The molecule has 1 rings (SSSR count). The van der Waals surface area contributed by atoms with Gasteiger partial charge >= 0.3 is 0 Å². The molecule has 1 N–H and O–H groups in total. The first-order chi connectivity index (χ1) is 7.22. The summed E-state index contributed by atoms with van der Waals surface area (Å²) in [4.78, 5) is 6.80. The number of nitrogens with zero attached hydrogens (tertiary/aromatic N) is 2. The number of aromatic nitrogens is 1. The van der Waals surface area contributed by atoms with Gasteiger partial charge in [0.1, 0.15) is 0 Å². The molecule has 1 aromatic rings. The Morgan fingerprint density at radius 1 is 1.47 bits per heavy atom. The van der Waals surface area contributed by atoms with Crippen LogP contribution < -0.4 is 5.32 Å². The fraction of sp³-hybridized carbons (Fsp3) is 0.727. The Morgan fingerprint density at radius 2 is 2.27 bits per heavy atom. The van der Waals surface area contributed by atoms with Gasteiger partial charge in [-0.15, -0.1) is 11.3 Å². The van der Waals surface area contributed by atoms with Crippen molar-refractivity contribution in [2.45, 2.75) is 26.3 Å². The van der Waals surface area contributed by atoms with Crippen LogP contribution in [-0.4, -0.2) is 37.1 Å². The van der Waals surface area contributed by atoms with Gasteiger partial charge in [-0.05, 0) is 47.0 Å². The summed E-state index contributed by atoms with van der Waals surface area (Å²) in [6.45, 7) is 5.30. The van der Waals surface area contributed by atoms with Gasteiger partial charge in [0.15, 0.2) is 0 Å². The predicted molar refractivity (Wildman–Crippen MR) is 66.3 cm³/mol. The number of aryl methyl sites for hydroxylation is 1. The second-order valence-corrected chi connectivity index (χ2v) is 4.97. The molecule has 0 aromatic carbocycles. The molecule has 0 saturated heterocycles. The molecule has 0 spiro atoms. The lowest BCUT2D eigenvalue weighted by Gasteiger charge is -2.14. The zero-order chi connectivity index (χ0) is 11.1. The molecule has 0 aliphatic heterocycles. The lowest BCUT2D eigenvalue weighted by molar-refractivity contribution is 0.315. The first-order valence-electron chi connectivity index (χ1n) is 5.46. The molecule has 15 heavy (non-hydrogen) atoms. The van der Waals surface area contributed by atoms with Crippen LogP contribution in [0.5, 0.6) is 0 Å². The quantitative estimate of drug-likeness (QED) is 0.721. The SMILES string of the molecule is CNCCCCN(C)Cc1csc(C)n1. The highest BCUT2D eigenvalue weighted by atomic mass is 32.1. The van der Waals surface area contributed by atoms with Crippen molar-refractivity contribution in [3.05, 3.63) is 16.1 Å². The average molecular weight is 227 g/mol. The third-order valence-electron chi connectivity index (χ3n) is 2.32. The van der Waals surface area contributed by atoms with Gasteiger partial charge in [-0.1, -0.05) is 0 Å². The first-order valence-corrected chi connectivity index (χ1v) is 6.34. The van der Waals surface area contributed by atoms with Gasteiger partial charge in [-0.25, -0.2) is 4.98 Å². The maximum atomic E-state index is 4.46. The normalized spacial score (nSPS) is 11.2. The third-order valence-corrected chi connectivity index (χ3v) is 3.14. The van der Waals surface area contributed by atoms with Crippen LogP contribution in [0.2, 0.25) is 0 Å². The van der Waals surface area contributed by atoms with Gasteiger partial charge in [0.05, 0.1) is 10.7 Å². The van der Waals surface area contributed by atoms with E-state index in [0.29, 0.717) is 0 Å². The Hall–Kier alpha value is -0.450. The molecule has 0 radical (unpaired) electrons. The summed E-state index contributed by atoms with van der Waals surface area (Å²) in [5.41, 5.74) is 1.20. The largest absolute Gasteiger partial charge is 0.320 e. The summed E-state index contributed by atoms with van der Waals surface area (Å²) in [5, 5.41) is 6.48. The van der Waals surface area contributed by atoms with Crippen molar-refractivity contribution in [3.8, 4) is 0 Å². The van der Waals surface area contributed by atoms with Gasteiger partial charge in [-0.3, -0.25) is 0 Å². The van der Waals surface area contributed by atoms with Gasteiger partial charge in [0.25, 0.3) is 0 Å². The molecule has 0 aliphatic rings. The maximum Gasteiger partial charge on any atom is 0.0897 e. The lowest BCUT2D eigenvalue weighted by atomic mass is 10.3. The molecule has 4 heteroatoms. The smallest absolute Gasteiger partial charge is 0.0897 e. The number of thiazole rings is 1. The molecule has 0 aliphatic carbocycles. The fourth-order valence-corrected chi connectivity index (χ4v) is 2.12. The average Bonchev–Trinajstić information content (AvgIpc) is 2.59. The second-order valence-electron chi connectivity index (χ2n) is 3.91. The molecular weight excluding hydrogens is 206 g/mol. The number of nitrogens with one attached hydrogen (secondary N) is 1. The van der Waals surface area contributed by atoms with E-state index in [1.165, 1.54) is 18.5 Å². The van der Waals surface area contributed by atoms with Crippen molar-refractivity contribution in [1.82, 2.24) is 15.2 Å². The number of rotatable bonds is 7. The lowest BCUT2D eigenvalue weighted by Crippen LogP contribution is -2.20. The Kier molecular flexibility index (Phi) is 5.83. The molecule has 0 amide bonds. The summed E-state index contributed by atoms with van der Waals surface area (Å²) in [7, 11) is 4.16. The predicted octanol–water partition coefficient (Wildman–Crippen LogP) is 1.88. The van der Waals surface area contributed by atoms with Gasteiger partial charge in [0, 0.05) is 11.9 Å². The highest BCUT2D eigenvalue weighted by molar-refractivity contribution is 7.09. The molecule has 0 fully saturated rings. The molecule has 0 saturated carbocycles. The van der Waals surface area contributed by atoms with E-state index < -0.39 is 0 Å². The van der Waals surface area contributed by atoms with Crippen LogP contribution in [0.4, 0.5) is 0 Å². The van der Waals surface area contributed by atoms with E-state index in [0.717, 1.165) is 24.6 Å². The van der Waals surface area contributed by atoms with Crippen molar-refractivity contribution in [3.63, 3.8) is 0 Å². The first kappa shape index (κ1) is 12.6. The molecule has 0 bridgehead atoms. The maximum absolute atomic E-state index is 4.46. The van der Waals surface area contributed by atoms with Crippen LogP contribution in [0, 0.1) is 6.92 Å². The summed E-state index contributed by atoms with van der Waals surface area (Å²) in [5.74, 6) is 0. The highest BCUT2D eigenvalue weighted by Gasteiger charge is 2.02. The number of hydrogen-bond donors (Lipinski definition) is 1. The molecule has 1 aromatic heterocycles. The van der Waals surface area contributed by atoms with Crippen molar-refractivity contribution in [2.75, 3.05) is 27.2 Å². The minimum Gasteiger partial charge on any atom is -0.320 e. The second kappa shape index (κ2) is 6.93. The van der Waals surface area contributed by atoms with Crippen molar-refractivity contribution >= 4 is 11.3 Å². The minimum absolute atomic E-state index is 0.976. The van der Waals surface area contributed by atoms with Crippen molar-refractivity contribution in [1.29, 1.82) is 0 Å². The number of hydrogen-bond acceptors (Lipinski definition) is 4. The van der Waals surface area contributed by atoms with Crippen molar-refractivity contribution < 1.29 is 0 Å². The van der Waals surface area contributed by atoms with E-state index in [9.17, 15) is 0 Å². The number of unbranched alkanes of at least 4 members (excludes halogenated alkanes) is 1. The Bertz CT molecular complexity index is 273. The van der Waals surface area contributed by atoms with E-state index in [-0.39, 0.29) is 0 Å². The topological polar surface area (TPSA) is 28.2 Å². The molecule has 1 heterocycles. The van der Waals surface area contributed by atoms with Crippen LogP contribution >= 0.6 is 11.3 Å². The van der Waals surface area contributed by atoms with Gasteiger partial charge in [0.2, 0.25) is 0 Å². The minimum atomic E-state index is 0.976. The zero-order valence-electron chi connectivity index (χ0n) is 9.92. The molecule has 86 valence electrons. The van der Waals surface area contributed by atoms with Gasteiger partial charge in [-0.2, -0.15) is 0 Å². The van der Waals surface area contributed by atoms with Crippen LogP contribution in [0.1, 0.15) is 23.5 Å². The molecule has 0 unspecified atom stereocenters. The summed E-state index contributed by atoms with van der Waals surface area (Å²) in [6.07, 6.45) is 2.50. The Morgan fingerprint density at radius 3 is 2.87 bits per heavy atom. The summed E-state index contributed by atoms with van der Waals surface area (Å²) in [6, 6.07) is 0. The van der Waals surface area contributed by atoms with E-state index >= 15 is 0 Å². The van der Waals surface area contributed by atoms with Crippen molar-refractivity contribution in [2.24, 2.45) is 0 Å². The summed E-state index contributed by atoms with van der Waals surface area (Å²) < 4.78 is 0. The van der Waals surface area contributed by atoms with E-state index in [1.54, 1.807) is 11.3 Å². The Balaban J connectivity index is 2.15. The molecular formula is C11H21N3S. The third kappa shape index (κ3) is 5.25. The zero-order valence-corrected chi connectivity index (χ0v) is 10.7.